The highest BCUT2D eigenvalue weighted by Gasteiger charge is 2.13. The van der Waals surface area contributed by atoms with Crippen molar-refractivity contribution < 1.29 is 17.9 Å². The molecular formula is C32H34Br2N2O4S2. The monoisotopic (exact) mass is 732 g/mol. The quantitative estimate of drug-likeness (QED) is 0.150. The third kappa shape index (κ3) is 8.84. The maximum atomic E-state index is 11.3. The van der Waals surface area contributed by atoms with Crippen molar-refractivity contribution >= 4 is 53.8 Å². The van der Waals surface area contributed by atoms with E-state index in [9.17, 15) is 8.42 Å². The lowest BCUT2D eigenvalue weighted by Gasteiger charge is -2.17. The molecule has 4 rings (SSSR count). The largest absolute Gasteiger partial charge is 0.488 e. The predicted octanol–water partition coefficient (Wildman–Crippen LogP) is 7.42. The minimum Gasteiger partial charge on any atom is -0.488 e. The van der Waals surface area contributed by atoms with E-state index < -0.39 is 22.0 Å². The molecule has 0 heterocycles. The Morgan fingerprint density at radius 1 is 0.643 bits per heavy atom. The molecule has 0 amide bonds. The molecule has 6 nitrogen and oxygen atoms in total. The van der Waals surface area contributed by atoms with E-state index in [1.165, 1.54) is 11.1 Å². The zero-order valence-electron chi connectivity index (χ0n) is 24.0. The van der Waals surface area contributed by atoms with Gasteiger partial charge in [0.05, 0.1) is 30.9 Å². The second-order valence-electron chi connectivity index (χ2n) is 9.84. The first-order valence-electron chi connectivity index (χ1n) is 13.3. The fraction of sp³-hybridized carbons (Fsp3) is 0.250. The Bertz CT molecular complexity index is 1490. The topological polar surface area (TPSA) is 76.7 Å². The number of halogens is 2. The molecule has 10 heteroatoms. The van der Waals surface area contributed by atoms with Gasteiger partial charge >= 0.3 is 0 Å². The van der Waals surface area contributed by atoms with Gasteiger partial charge in [-0.3, -0.25) is 0 Å². The molecule has 0 aromatic heterocycles. The number of ether oxygens (including phenoxy) is 2. The first kappa shape index (κ1) is 32.6. The Balaban J connectivity index is 1.46. The molecule has 0 saturated carbocycles. The van der Waals surface area contributed by atoms with Crippen molar-refractivity contribution in [3.63, 3.8) is 0 Å². The summed E-state index contributed by atoms with van der Waals surface area (Å²) >= 11 is 7.22. The molecule has 42 heavy (non-hydrogen) atoms. The standard InChI is InChI=1S/C32H34Br2N2O4S2/c1-21-25(19-39-31-13-11-23(15-29(31)33)17-35-41(3)37)7-5-9-27(21)28-10-6-8-26(22(28)2)20-40-32-14-12-24(16-30(32)34)18-36-42(4)38/h5-16,35-36H,17-20H2,1-4H3. The maximum absolute atomic E-state index is 11.3. The second kappa shape index (κ2) is 15.4. The molecule has 2 N–H and O–H groups in total. The molecule has 0 fully saturated rings. The van der Waals surface area contributed by atoms with Gasteiger partial charge in [-0.15, -0.1) is 0 Å². The molecule has 2 atom stereocenters. The second-order valence-corrected chi connectivity index (χ2v) is 13.9. The number of nitrogens with one attached hydrogen (secondary N) is 2. The van der Waals surface area contributed by atoms with Crippen LogP contribution < -0.4 is 18.9 Å². The fourth-order valence-electron chi connectivity index (χ4n) is 4.49. The lowest BCUT2D eigenvalue weighted by atomic mass is 9.92. The number of benzene rings is 4. The summed E-state index contributed by atoms with van der Waals surface area (Å²) in [6, 6.07) is 24.4. The summed E-state index contributed by atoms with van der Waals surface area (Å²) in [6.45, 7) is 6.18. The smallest absolute Gasteiger partial charge is 0.134 e. The highest BCUT2D eigenvalue weighted by Crippen LogP contribution is 2.33. The van der Waals surface area contributed by atoms with Crippen LogP contribution in [0.2, 0.25) is 0 Å². The Morgan fingerprint density at radius 3 is 1.40 bits per heavy atom. The lowest BCUT2D eigenvalue weighted by Crippen LogP contribution is -2.14. The van der Waals surface area contributed by atoms with Crippen LogP contribution in [0.15, 0.2) is 81.7 Å². The Hall–Kier alpha value is -2.34. The lowest BCUT2D eigenvalue weighted by molar-refractivity contribution is 0.303. The van der Waals surface area contributed by atoms with Crippen molar-refractivity contribution in [2.75, 3.05) is 12.5 Å². The molecule has 222 valence electrons. The molecular weight excluding hydrogens is 700 g/mol. The van der Waals surface area contributed by atoms with Crippen molar-refractivity contribution in [2.24, 2.45) is 0 Å². The van der Waals surface area contributed by atoms with E-state index in [0.29, 0.717) is 26.3 Å². The van der Waals surface area contributed by atoms with Crippen LogP contribution in [0.3, 0.4) is 0 Å². The van der Waals surface area contributed by atoms with Gasteiger partial charge in [0.1, 0.15) is 24.7 Å². The van der Waals surface area contributed by atoms with Gasteiger partial charge in [-0.2, -0.15) is 0 Å². The van der Waals surface area contributed by atoms with Crippen LogP contribution in [0.25, 0.3) is 11.1 Å². The SMILES string of the molecule is Cc1c(COc2ccc(CNS(C)=O)cc2Br)cccc1-c1cccc(COc2ccc(CNS(C)=O)cc2Br)c1C. The van der Waals surface area contributed by atoms with Crippen LogP contribution in [0.4, 0.5) is 0 Å². The molecule has 4 aromatic rings. The van der Waals surface area contributed by atoms with Crippen LogP contribution in [0.5, 0.6) is 11.5 Å². The van der Waals surface area contributed by atoms with E-state index in [4.69, 9.17) is 9.47 Å². The third-order valence-electron chi connectivity index (χ3n) is 6.90. The van der Waals surface area contributed by atoms with Crippen LogP contribution in [-0.2, 0) is 48.3 Å². The van der Waals surface area contributed by atoms with Gasteiger partial charge in [0.15, 0.2) is 0 Å². The normalized spacial score (nSPS) is 12.6. The maximum Gasteiger partial charge on any atom is 0.134 e. The molecule has 0 aliphatic heterocycles. The van der Waals surface area contributed by atoms with Crippen molar-refractivity contribution in [1.29, 1.82) is 0 Å². The summed E-state index contributed by atoms with van der Waals surface area (Å²) in [5.41, 5.74) is 8.92. The Labute approximate surface area is 270 Å². The number of rotatable bonds is 13. The van der Waals surface area contributed by atoms with Crippen molar-refractivity contribution in [2.45, 2.75) is 40.2 Å². The van der Waals surface area contributed by atoms with Crippen LogP contribution in [0, 0.1) is 13.8 Å². The average Bonchev–Trinajstić information content (AvgIpc) is 2.95. The highest BCUT2D eigenvalue weighted by atomic mass is 79.9. The summed E-state index contributed by atoms with van der Waals surface area (Å²) in [4.78, 5) is 0. The molecule has 2 unspecified atom stereocenters. The van der Waals surface area contributed by atoms with Gasteiger partial charge in [0.2, 0.25) is 0 Å². The van der Waals surface area contributed by atoms with Gasteiger partial charge in [-0.25, -0.2) is 17.9 Å². The van der Waals surface area contributed by atoms with Crippen molar-refractivity contribution in [1.82, 2.24) is 9.44 Å². The summed E-state index contributed by atoms with van der Waals surface area (Å²) in [5, 5.41) is 0. The number of hydrogen-bond acceptors (Lipinski definition) is 4. The van der Waals surface area contributed by atoms with Crippen LogP contribution >= 0.6 is 31.9 Å². The van der Waals surface area contributed by atoms with Gasteiger partial charge in [0.25, 0.3) is 0 Å². The highest BCUT2D eigenvalue weighted by molar-refractivity contribution is 9.10. The first-order chi connectivity index (χ1) is 20.1. The Morgan fingerprint density at radius 2 is 1.05 bits per heavy atom. The van der Waals surface area contributed by atoms with Gasteiger partial charge in [-0.05, 0) is 114 Å². The Kier molecular flexibility index (Phi) is 11.9. The minimum atomic E-state index is -1.06. The minimum absolute atomic E-state index is 0.435. The molecule has 0 saturated heterocycles. The van der Waals surface area contributed by atoms with Crippen molar-refractivity contribution in [3.05, 3.63) is 115 Å². The summed E-state index contributed by atoms with van der Waals surface area (Å²) in [7, 11) is -2.12. The molecule has 0 bridgehead atoms. The van der Waals surface area contributed by atoms with Gasteiger partial charge in [0, 0.05) is 25.6 Å². The summed E-state index contributed by atoms with van der Waals surface area (Å²) in [5.74, 6) is 1.51. The number of hydrogen-bond donors (Lipinski definition) is 2. The van der Waals surface area contributed by atoms with E-state index in [0.717, 1.165) is 53.8 Å². The summed E-state index contributed by atoms with van der Waals surface area (Å²) < 4.78 is 42.6. The summed E-state index contributed by atoms with van der Waals surface area (Å²) in [6.07, 6.45) is 3.24. The fourth-order valence-corrected chi connectivity index (χ4v) is 6.31. The molecule has 0 aliphatic rings. The van der Waals surface area contributed by atoms with E-state index in [2.05, 4.69) is 91.5 Å². The molecule has 0 aliphatic carbocycles. The zero-order chi connectivity index (χ0) is 30.2. The van der Waals surface area contributed by atoms with E-state index >= 15 is 0 Å². The van der Waals surface area contributed by atoms with Crippen LogP contribution in [0.1, 0.15) is 33.4 Å². The van der Waals surface area contributed by atoms with Crippen molar-refractivity contribution in [3.8, 4) is 22.6 Å². The van der Waals surface area contributed by atoms with E-state index in [1.54, 1.807) is 12.5 Å². The van der Waals surface area contributed by atoms with Gasteiger partial charge < -0.3 is 9.47 Å². The molecule has 0 spiro atoms. The van der Waals surface area contributed by atoms with E-state index in [-0.39, 0.29) is 0 Å². The first-order valence-corrected chi connectivity index (χ1v) is 18.0. The molecule has 0 radical (unpaired) electrons. The average molecular weight is 735 g/mol. The third-order valence-corrected chi connectivity index (χ3v) is 9.24. The zero-order valence-corrected chi connectivity index (χ0v) is 28.8. The molecule has 4 aromatic carbocycles. The van der Waals surface area contributed by atoms with Gasteiger partial charge in [-0.1, -0.05) is 48.5 Å². The predicted molar refractivity (Wildman–Crippen MR) is 180 cm³/mol. The van der Waals surface area contributed by atoms with Crippen LogP contribution in [-0.4, -0.2) is 20.9 Å². The van der Waals surface area contributed by atoms with E-state index in [1.807, 2.05) is 36.4 Å².